The average molecular weight is 240 g/mol. The summed E-state index contributed by atoms with van der Waals surface area (Å²) < 4.78 is 5.74. The molecular formula is C15H16N2O. The van der Waals surface area contributed by atoms with Gasteiger partial charge in [0, 0.05) is 24.3 Å². The molecule has 1 heterocycles. The Morgan fingerprint density at radius 3 is 2.83 bits per heavy atom. The molecule has 0 radical (unpaired) electrons. The van der Waals surface area contributed by atoms with E-state index in [2.05, 4.69) is 41.0 Å². The van der Waals surface area contributed by atoms with Gasteiger partial charge in [-0.15, -0.1) is 0 Å². The highest BCUT2D eigenvalue weighted by Gasteiger charge is 2.13. The molecule has 0 spiro atoms. The van der Waals surface area contributed by atoms with Gasteiger partial charge in [-0.05, 0) is 18.2 Å². The summed E-state index contributed by atoms with van der Waals surface area (Å²) in [5, 5.41) is 6.75. The molecule has 3 nitrogen and oxygen atoms in total. The smallest absolute Gasteiger partial charge is 0.147 e. The molecule has 2 aromatic carbocycles. The molecule has 0 bridgehead atoms. The molecule has 2 N–H and O–H groups in total. The fraction of sp³-hybridized carbons (Fsp3) is 0.200. The van der Waals surface area contributed by atoms with E-state index in [0.717, 1.165) is 36.8 Å². The summed E-state index contributed by atoms with van der Waals surface area (Å²) in [5.74, 6) is 0.979. The van der Waals surface area contributed by atoms with E-state index in [1.54, 1.807) is 0 Å². The zero-order chi connectivity index (χ0) is 12.2. The lowest BCUT2D eigenvalue weighted by Gasteiger charge is -2.22. The van der Waals surface area contributed by atoms with Gasteiger partial charge in [0.1, 0.15) is 12.4 Å². The summed E-state index contributed by atoms with van der Waals surface area (Å²) in [5.41, 5.74) is 3.40. The minimum atomic E-state index is 0.731. The van der Waals surface area contributed by atoms with E-state index in [9.17, 15) is 0 Å². The first-order chi connectivity index (χ1) is 8.93. The van der Waals surface area contributed by atoms with E-state index in [4.69, 9.17) is 4.74 Å². The third kappa shape index (κ3) is 2.25. The summed E-state index contributed by atoms with van der Waals surface area (Å²) >= 11 is 0. The van der Waals surface area contributed by atoms with Crippen LogP contribution in [-0.4, -0.2) is 13.2 Å². The minimum Gasteiger partial charge on any atom is -0.489 e. The van der Waals surface area contributed by atoms with E-state index >= 15 is 0 Å². The number of hydrogen-bond acceptors (Lipinski definition) is 3. The van der Waals surface area contributed by atoms with Gasteiger partial charge in [0.25, 0.3) is 0 Å². The van der Waals surface area contributed by atoms with Crippen LogP contribution >= 0.6 is 0 Å². The van der Waals surface area contributed by atoms with Gasteiger partial charge in [0.05, 0.1) is 5.69 Å². The van der Waals surface area contributed by atoms with Gasteiger partial charge < -0.3 is 15.4 Å². The second kappa shape index (κ2) is 5.00. The number of hydrogen-bond donors (Lipinski definition) is 2. The van der Waals surface area contributed by atoms with Crippen LogP contribution in [0.25, 0.3) is 0 Å². The molecular weight excluding hydrogens is 224 g/mol. The van der Waals surface area contributed by atoms with Crippen molar-refractivity contribution in [3.63, 3.8) is 0 Å². The van der Waals surface area contributed by atoms with Crippen molar-refractivity contribution in [2.24, 2.45) is 0 Å². The Kier molecular flexibility index (Phi) is 3.05. The lowest BCUT2D eigenvalue weighted by atomic mass is 10.1. The third-order valence-corrected chi connectivity index (χ3v) is 3.02. The molecule has 92 valence electrons. The van der Waals surface area contributed by atoms with Gasteiger partial charge >= 0.3 is 0 Å². The van der Waals surface area contributed by atoms with Crippen LogP contribution in [-0.2, 0) is 6.54 Å². The maximum atomic E-state index is 5.74. The summed E-state index contributed by atoms with van der Waals surface area (Å²) in [7, 11) is 0. The Balaban J connectivity index is 1.77. The molecule has 3 heteroatoms. The van der Waals surface area contributed by atoms with Crippen LogP contribution in [0.2, 0.25) is 0 Å². The van der Waals surface area contributed by atoms with Crippen molar-refractivity contribution in [3.05, 3.63) is 54.1 Å². The van der Waals surface area contributed by atoms with Crippen LogP contribution in [0.5, 0.6) is 5.75 Å². The molecule has 0 fully saturated rings. The first-order valence-corrected chi connectivity index (χ1v) is 6.21. The molecule has 0 aliphatic carbocycles. The number of fused-ring (bicyclic) bond motifs is 1. The van der Waals surface area contributed by atoms with Crippen molar-refractivity contribution in [3.8, 4) is 5.75 Å². The summed E-state index contributed by atoms with van der Waals surface area (Å²) in [4.78, 5) is 0. The van der Waals surface area contributed by atoms with Gasteiger partial charge in [-0.25, -0.2) is 0 Å². The molecule has 18 heavy (non-hydrogen) atoms. The monoisotopic (exact) mass is 240 g/mol. The number of para-hydroxylation sites is 2. The second-order valence-electron chi connectivity index (χ2n) is 4.29. The van der Waals surface area contributed by atoms with Crippen molar-refractivity contribution in [2.75, 3.05) is 23.8 Å². The van der Waals surface area contributed by atoms with Gasteiger partial charge in [0.15, 0.2) is 0 Å². The zero-order valence-electron chi connectivity index (χ0n) is 10.1. The van der Waals surface area contributed by atoms with Crippen LogP contribution in [0.3, 0.4) is 0 Å². The highest BCUT2D eigenvalue weighted by Crippen LogP contribution is 2.31. The largest absolute Gasteiger partial charge is 0.489 e. The van der Waals surface area contributed by atoms with Crippen LogP contribution in [0.15, 0.2) is 48.5 Å². The van der Waals surface area contributed by atoms with Crippen molar-refractivity contribution in [2.45, 2.75) is 6.54 Å². The normalized spacial score (nSPS) is 13.1. The topological polar surface area (TPSA) is 33.3 Å². The van der Waals surface area contributed by atoms with Crippen molar-refractivity contribution < 1.29 is 4.74 Å². The standard InChI is InChI=1S/C15H16N2O/c1-2-6-13(7-3-1)17-11-12-5-4-8-14-15(12)18-10-9-16-14/h1-8,16-17H,9-11H2. The maximum Gasteiger partial charge on any atom is 0.147 e. The second-order valence-corrected chi connectivity index (χ2v) is 4.29. The molecule has 0 saturated heterocycles. The summed E-state index contributed by atoms with van der Waals surface area (Å²) in [6.07, 6.45) is 0. The van der Waals surface area contributed by atoms with Crippen LogP contribution < -0.4 is 15.4 Å². The summed E-state index contributed by atoms with van der Waals surface area (Å²) in [6.45, 7) is 2.38. The molecule has 0 amide bonds. The van der Waals surface area contributed by atoms with Crippen LogP contribution in [0.4, 0.5) is 11.4 Å². The number of ether oxygens (including phenoxy) is 1. The number of anilines is 2. The fourth-order valence-electron chi connectivity index (χ4n) is 2.13. The molecule has 0 unspecified atom stereocenters. The Hall–Kier alpha value is -2.16. The average Bonchev–Trinajstić information content (AvgIpc) is 2.46. The summed E-state index contributed by atoms with van der Waals surface area (Å²) in [6, 6.07) is 16.4. The first-order valence-electron chi connectivity index (χ1n) is 6.21. The fourth-order valence-corrected chi connectivity index (χ4v) is 2.13. The quantitative estimate of drug-likeness (QED) is 0.865. The lowest BCUT2D eigenvalue weighted by molar-refractivity contribution is 0.320. The van der Waals surface area contributed by atoms with Crippen LogP contribution in [0, 0.1) is 0 Å². The van der Waals surface area contributed by atoms with E-state index < -0.39 is 0 Å². The molecule has 0 aromatic heterocycles. The SMILES string of the molecule is c1ccc(NCc2cccc3c2OCCN3)cc1. The number of benzene rings is 2. The predicted octanol–water partition coefficient (Wildman–Crippen LogP) is 3.10. The Labute approximate surface area is 107 Å². The van der Waals surface area contributed by atoms with E-state index in [1.807, 2.05) is 18.2 Å². The lowest BCUT2D eigenvalue weighted by Crippen LogP contribution is -2.19. The molecule has 3 rings (SSSR count). The van der Waals surface area contributed by atoms with E-state index in [-0.39, 0.29) is 0 Å². The Bertz CT molecular complexity index is 525. The molecule has 2 aromatic rings. The molecule has 0 atom stereocenters. The van der Waals surface area contributed by atoms with Gasteiger partial charge in [0.2, 0.25) is 0 Å². The molecule has 1 aliphatic heterocycles. The Morgan fingerprint density at radius 1 is 1.06 bits per heavy atom. The minimum absolute atomic E-state index is 0.731. The highest BCUT2D eigenvalue weighted by molar-refractivity contribution is 5.62. The van der Waals surface area contributed by atoms with Crippen molar-refractivity contribution in [1.29, 1.82) is 0 Å². The first kappa shape index (κ1) is 11.0. The van der Waals surface area contributed by atoms with Gasteiger partial charge in [-0.1, -0.05) is 30.3 Å². The number of nitrogens with one attached hydrogen (secondary N) is 2. The molecule has 1 aliphatic rings. The highest BCUT2D eigenvalue weighted by atomic mass is 16.5. The third-order valence-electron chi connectivity index (χ3n) is 3.02. The van der Waals surface area contributed by atoms with Crippen molar-refractivity contribution in [1.82, 2.24) is 0 Å². The maximum absolute atomic E-state index is 5.74. The number of rotatable bonds is 3. The van der Waals surface area contributed by atoms with Gasteiger partial charge in [-0.3, -0.25) is 0 Å². The Morgan fingerprint density at radius 2 is 1.94 bits per heavy atom. The zero-order valence-corrected chi connectivity index (χ0v) is 10.1. The van der Waals surface area contributed by atoms with E-state index in [1.165, 1.54) is 5.56 Å². The predicted molar refractivity (Wildman–Crippen MR) is 74.2 cm³/mol. The van der Waals surface area contributed by atoms with Gasteiger partial charge in [-0.2, -0.15) is 0 Å². The molecule has 0 saturated carbocycles. The van der Waals surface area contributed by atoms with Crippen molar-refractivity contribution >= 4 is 11.4 Å². The van der Waals surface area contributed by atoms with Crippen LogP contribution in [0.1, 0.15) is 5.56 Å². The van der Waals surface area contributed by atoms with E-state index in [0.29, 0.717) is 0 Å².